The number of nitrogens with one attached hydrogen (secondary N) is 1. The molecular formula is C10H9N5S. The van der Waals surface area contributed by atoms with Gasteiger partial charge in [-0.25, -0.2) is 15.0 Å². The maximum absolute atomic E-state index is 5.76. The zero-order chi connectivity index (χ0) is 11.1. The van der Waals surface area contributed by atoms with E-state index in [1.54, 1.807) is 6.20 Å². The summed E-state index contributed by atoms with van der Waals surface area (Å²) in [6, 6.07) is 1.94. The Morgan fingerprint density at radius 2 is 2.31 bits per heavy atom. The van der Waals surface area contributed by atoms with Gasteiger partial charge < -0.3 is 10.7 Å². The van der Waals surface area contributed by atoms with Crippen molar-refractivity contribution in [1.82, 2.24) is 19.9 Å². The van der Waals surface area contributed by atoms with E-state index in [4.69, 9.17) is 5.73 Å². The molecule has 0 aliphatic rings. The molecule has 0 spiro atoms. The molecule has 0 saturated carbocycles. The van der Waals surface area contributed by atoms with E-state index >= 15 is 0 Å². The first kappa shape index (κ1) is 9.29. The molecule has 16 heavy (non-hydrogen) atoms. The minimum atomic E-state index is 0.677. The number of H-pyrrole nitrogens is 1. The van der Waals surface area contributed by atoms with Crippen LogP contribution in [0.5, 0.6) is 0 Å². The third kappa shape index (κ3) is 1.35. The van der Waals surface area contributed by atoms with E-state index in [2.05, 4.69) is 19.9 Å². The van der Waals surface area contributed by atoms with Gasteiger partial charge in [-0.1, -0.05) is 0 Å². The molecule has 80 valence electrons. The summed E-state index contributed by atoms with van der Waals surface area (Å²) in [5, 5.41) is 0.791. The first-order chi connectivity index (χ1) is 7.74. The van der Waals surface area contributed by atoms with Gasteiger partial charge in [0.25, 0.3) is 0 Å². The zero-order valence-electron chi connectivity index (χ0n) is 8.56. The van der Waals surface area contributed by atoms with Crippen LogP contribution in [0.4, 0.5) is 5.00 Å². The molecule has 0 amide bonds. The second kappa shape index (κ2) is 3.28. The van der Waals surface area contributed by atoms with E-state index in [1.807, 2.05) is 13.0 Å². The lowest BCUT2D eigenvalue weighted by molar-refractivity contribution is 1.20. The first-order valence-corrected chi connectivity index (χ1v) is 5.57. The van der Waals surface area contributed by atoms with Gasteiger partial charge in [-0.3, -0.25) is 0 Å². The van der Waals surface area contributed by atoms with Crippen molar-refractivity contribution < 1.29 is 0 Å². The highest BCUT2D eigenvalue weighted by atomic mass is 32.1. The minimum absolute atomic E-state index is 0.677. The molecule has 0 fully saturated rings. The zero-order valence-corrected chi connectivity index (χ0v) is 9.38. The Bertz CT molecular complexity index is 621. The van der Waals surface area contributed by atoms with Crippen molar-refractivity contribution >= 4 is 27.5 Å². The van der Waals surface area contributed by atoms with Gasteiger partial charge in [0.1, 0.15) is 11.8 Å². The molecular weight excluding hydrogens is 222 g/mol. The Balaban J connectivity index is 2.22. The number of rotatable bonds is 1. The highest BCUT2D eigenvalue weighted by Gasteiger charge is 2.11. The van der Waals surface area contributed by atoms with Gasteiger partial charge in [0.15, 0.2) is 11.5 Å². The average molecular weight is 231 g/mol. The van der Waals surface area contributed by atoms with Crippen molar-refractivity contribution in [1.29, 1.82) is 0 Å². The van der Waals surface area contributed by atoms with Gasteiger partial charge >= 0.3 is 0 Å². The normalized spacial score (nSPS) is 11.1. The Morgan fingerprint density at radius 1 is 1.44 bits per heavy atom. The maximum Gasteiger partial charge on any atom is 0.181 e. The summed E-state index contributed by atoms with van der Waals surface area (Å²) < 4.78 is 0. The van der Waals surface area contributed by atoms with Crippen LogP contribution in [0, 0.1) is 6.92 Å². The van der Waals surface area contributed by atoms with Gasteiger partial charge in [0.05, 0.1) is 16.1 Å². The van der Waals surface area contributed by atoms with Gasteiger partial charge in [0.2, 0.25) is 0 Å². The largest absolute Gasteiger partial charge is 0.391 e. The van der Waals surface area contributed by atoms with Crippen LogP contribution >= 0.6 is 11.3 Å². The van der Waals surface area contributed by atoms with Gasteiger partial charge in [-0.15, -0.1) is 11.3 Å². The van der Waals surface area contributed by atoms with Gasteiger partial charge in [-0.2, -0.15) is 0 Å². The van der Waals surface area contributed by atoms with Crippen LogP contribution in [0.1, 0.15) is 5.56 Å². The van der Waals surface area contributed by atoms with Crippen molar-refractivity contribution in [2.75, 3.05) is 5.73 Å². The summed E-state index contributed by atoms with van der Waals surface area (Å²) in [7, 11) is 0. The van der Waals surface area contributed by atoms with Crippen LogP contribution in [0.25, 0.3) is 21.9 Å². The van der Waals surface area contributed by atoms with Crippen molar-refractivity contribution in [2.45, 2.75) is 6.92 Å². The fraction of sp³-hybridized carbons (Fsp3) is 0.100. The lowest BCUT2D eigenvalue weighted by atomic mass is 10.3. The molecule has 3 heterocycles. The Morgan fingerprint density at radius 3 is 3.00 bits per heavy atom. The van der Waals surface area contributed by atoms with Crippen LogP contribution in [0.2, 0.25) is 0 Å². The molecule has 0 aliphatic heterocycles. The molecule has 3 N–H and O–H groups in total. The predicted molar refractivity (Wildman–Crippen MR) is 64.1 cm³/mol. The molecule has 0 bridgehead atoms. The van der Waals surface area contributed by atoms with E-state index in [9.17, 15) is 0 Å². The second-order valence-electron chi connectivity index (χ2n) is 3.51. The number of anilines is 1. The summed E-state index contributed by atoms with van der Waals surface area (Å²) in [4.78, 5) is 16.7. The molecule has 3 aromatic heterocycles. The summed E-state index contributed by atoms with van der Waals surface area (Å²) in [6.45, 7) is 2.01. The fourth-order valence-corrected chi connectivity index (χ4v) is 2.50. The third-order valence-electron chi connectivity index (χ3n) is 2.31. The Kier molecular flexibility index (Phi) is 1.90. The van der Waals surface area contributed by atoms with Crippen molar-refractivity contribution in [3.8, 4) is 10.7 Å². The lowest BCUT2D eigenvalue weighted by Gasteiger charge is -1.91. The van der Waals surface area contributed by atoms with E-state index in [1.165, 1.54) is 17.7 Å². The number of aromatic nitrogens is 4. The number of hydrogen-bond acceptors (Lipinski definition) is 5. The summed E-state index contributed by atoms with van der Waals surface area (Å²) in [5.41, 5.74) is 8.39. The summed E-state index contributed by atoms with van der Waals surface area (Å²) in [5.74, 6) is 0.801. The quantitative estimate of drug-likeness (QED) is 0.671. The fourth-order valence-electron chi connectivity index (χ4n) is 1.61. The molecule has 3 aromatic rings. The van der Waals surface area contributed by atoms with E-state index in [-0.39, 0.29) is 0 Å². The van der Waals surface area contributed by atoms with Crippen molar-refractivity contribution in [3.63, 3.8) is 0 Å². The number of nitrogens with zero attached hydrogens (tertiary/aromatic N) is 3. The average Bonchev–Trinajstić information content (AvgIpc) is 2.81. The maximum atomic E-state index is 5.76. The standard InChI is InChI=1S/C10H9N5S/c1-5-2-7(11)16-8(5)10-14-6-3-12-4-13-9(6)15-10/h2-4H,11H2,1H3,(H,12,13,14,15). The number of nitrogen functional groups attached to an aromatic ring is 1. The highest BCUT2D eigenvalue weighted by molar-refractivity contribution is 7.19. The highest BCUT2D eigenvalue weighted by Crippen LogP contribution is 2.32. The first-order valence-electron chi connectivity index (χ1n) is 4.76. The molecule has 3 rings (SSSR count). The summed E-state index contributed by atoms with van der Waals surface area (Å²) in [6.07, 6.45) is 3.20. The Hall–Kier alpha value is -1.95. The molecule has 6 heteroatoms. The van der Waals surface area contributed by atoms with E-state index < -0.39 is 0 Å². The SMILES string of the molecule is Cc1cc(N)sc1-c1nc2ncncc2[nH]1. The molecule has 0 saturated heterocycles. The monoisotopic (exact) mass is 231 g/mol. The molecule has 5 nitrogen and oxygen atoms in total. The minimum Gasteiger partial charge on any atom is -0.391 e. The number of thiophene rings is 1. The summed E-state index contributed by atoms with van der Waals surface area (Å²) >= 11 is 1.52. The van der Waals surface area contributed by atoms with E-state index in [0.717, 1.165) is 26.8 Å². The van der Waals surface area contributed by atoms with Crippen LogP contribution in [-0.4, -0.2) is 19.9 Å². The van der Waals surface area contributed by atoms with Crippen LogP contribution in [0.3, 0.4) is 0 Å². The van der Waals surface area contributed by atoms with Crippen LogP contribution in [0.15, 0.2) is 18.6 Å². The predicted octanol–water partition coefficient (Wildman–Crippen LogP) is 1.97. The second-order valence-corrected chi connectivity index (χ2v) is 4.59. The Labute approximate surface area is 95.4 Å². The van der Waals surface area contributed by atoms with Gasteiger partial charge in [0, 0.05) is 0 Å². The molecule has 0 aliphatic carbocycles. The molecule has 0 atom stereocenters. The number of aryl methyl sites for hydroxylation is 1. The van der Waals surface area contributed by atoms with Crippen molar-refractivity contribution in [2.24, 2.45) is 0 Å². The van der Waals surface area contributed by atoms with Crippen LogP contribution in [-0.2, 0) is 0 Å². The topological polar surface area (TPSA) is 80.5 Å². The molecule has 0 unspecified atom stereocenters. The number of fused-ring (bicyclic) bond motifs is 1. The number of imidazole rings is 1. The third-order valence-corrected chi connectivity index (χ3v) is 3.39. The van der Waals surface area contributed by atoms with Gasteiger partial charge in [-0.05, 0) is 18.6 Å². The van der Waals surface area contributed by atoms with Crippen molar-refractivity contribution in [3.05, 3.63) is 24.2 Å². The smallest absolute Gasteiger partial charge is 0.181 e. The lowest BCUT2D eigenvalue weighted by Crippen LogP contribution is -1.77. The van der Waals surface area contributed by atoms with E-state index in [0.29, 0.717) is 5.65 Å². The number of aromatic amines is 1. The number of nitrogens with two attached hydrogens (primary N) is 1. The molecule has 0 aromatic carbocycles. The molecule has 0 radical (unpaired) electrons. The number of hydrogen-bond donors (Lipinski definition) is 2. The van der Waals surface area contributed by atoms with Crippen LogP contribution < -0.4 is 5.73 Å².